The van der Waals surface area contributed by atoms with Gasteiger partial charge in [-0.2, -0.15) is 32.2 Å². The normalized spacial score (nSPS) is 25.5. The highest BCUT2D eigenvalue weighted by Crippen LogP contribution is 2.48. The number of halogens is 5. The van der Waals surface area contributed by atoms with Gasteiger partial charge in [-0.15, -0.1) is 0 Å². The fourth-order valence-electron chi connectivity index (χ4n) is 3.43. The first-order valence-corrected chi connectivity index (χ1v) is 7.84. The highest BCUT2D eigenvalue weighted by atomic mass is 19.4. The van der Waals surface area contributed by atoms with E-state index in [1.54, 1.807) is 36.4 Å². The van der Waals surface area contributed by atoms with Crippen LogP contribution in [0.15, 0.2) is 52.7 Å². The van der Waals surface area contributed by atoms with Gasteiger partial charge in [0.25, 0.3) is 5.91 Å². The number of amides is 2. The second kappa shape index (κ2) is 5.54. The van der Waals surface area contributed by atoms with Crippen molar-refractivity contribution in [3.63, 3.8) is 0 Å². The molecule has 5 nitrogen and oxygen atoms in total. The van der Waals surface area contributed by atoms with Crippen LogP contribution in [0.4, 0.5) is 27.6 Å². The number of hydrogen-bond donors (Lipinski definition) is 0. The maximum Gasteiger partial charge on any atom is 0.455 e. The Bertz CT molecular complexity index is 983. The molecule has 2 amide bonds. The average Bonchev–Trinajstić information content (AvgIpc) is 3.15. The van der Waals surface area contributed by atoms with Crippen molar-refractivity contribution in [3.8, 4) is 0 Å². The van der Waals surface area contributed by atoms with Crippen molar-refractivity contribution >= 4 is 28.3 Å². The molecule has 3 atom stereocenters. The van der Waals surface area contributed by atoms with Crippen LogP contribution in [0.1, 0.15) is 0 Å². The number of anilines is 1. The number of carbonyl (C=O) groups is 2. The van der Waals surface area contributed by atoms with Gasteiger partial charge in [0.05, 0.1) is 5.69 Å². The smallest absolute Gasteiger partial charge is 0.274 e. The summed E-state index contributed by atoms with van der Waals surface area (Å²) >= 11 is 0. The van der Waals surface area contributed by atoms with Gasteiger partial charge < -0.3 is 0 Å². The number of imide groups is 1. The Kier molecular flexibility index (Phi) is 3.59. The Morgan fingerprint density at radius 2 is 1.52 bits per heavy atom. The van der Waals surface area contributed by atoms with Crippen molar-refractivity contribution in [3.05, 3.63) is 42.5 Å². The van der Waals surface area contributed by atoms with Crippen molar-refractivity contribution in [1.29, 1.82) is 0 Å². The number of alkyl halides is 5. The maximum atomic E-state index is 13.8. The molecule has 4 rings (SSSR count). The minimum Gasteiger partial charge on any atom is -0.274 e. The van der Waals surface area contributed by atoms with Crippen LogP contribution in [0.3, 0.4) is 0 Å². The lowest BCUT2D eigenvalue weighted by Gasteiger charge is -2.26. The first-order valence-electron chi connectivity index (χ1n) is 7.84. The van der Waals surface area contributed by atoms with Gasteiger partial charge in [0.15, 0.2) is 12.1 Å². The largest absolute Gasteiger partial charge is 0.455 e. The van der Waals surface area contributed by atoms with Gasteiger partial charge in [-0.05, 0) is 11.5 Å². The van der Waals surface area contributed by atoms with Crippen LogP contribution in [0, 0.1) is 5.92 Å². The van der Waals surface area contributed by atoms with E-state index in [-0.39, 0.29) is 5.69 Å². The third-order valence-electron chi connectivity index (χ3n) is 4.73. The molecule has 27 heavy (non-hydrogen) atoms. The first-order chi connectivity index (χ1) is 12.6. The van der Waals surface area contributed by atoms with Crippen molar-refractivity contribution in [2.45, 2.75) is 24.2 Å². The molecule has 1 saturated heterocycles. The monoisotopic (exact) mass is 383 g/mol. The average molecular weight is 383 g/mol. The molecular weight excluding hydrogens is 373 g/mol. The molecule has 0 aliphatic carbocycles. The molecule has 0 unspecified atom stereocenters. The Morgan fingerprint density at radius 3 is 2.22 bits per heavy atom. The Balaban J connectivity index is 1.79. The van der Waals surface area contributed by atoms with Crippen LogP contribution in [0.5, 0.6) is 0 Å². The second-order valence-corrected chi connectivity index (χ2v) is 6.28. The van der Waals surface area contributed by atoms with Gasteiger partial charge >= 0.3 is 12.1 Å². The molecule has 0 aromatic heterocycles. The van der Waals surface area contributed by atoms with Crippen molar-refractivity contribution in [2.75, 3.05) is 4.90 Å². The summed E-state index contributed by atoms with van der Waals surface area (Å²) < 4.78 is 65.8. The van der Waals surface area contributed by atoms with Crippen LogP contribution >= 0.6 is 0 Å². The third-order valence-corrected chi connectivity index (χ3v) is 4.73. The molecule has 2 heterocycles. The summed E-state index contributed by atoms with van der Waals surface area (Å²) in [4.78, 5) is 25.9. The molecule has 0 spiro atoms. The molecule has 2 aliphatic rings. The van der Waals surface area contributed by atoms with E-state index >= 15 is 0 Å². The summed E-state index contributed by atoms with van der Waals surface area (Å²) in [5.41, 5.74) is 0.113. The number of fused-ring (bicyclic) bond motifs is 2. The van der Waals surface area contributed by atoms with Crippen LogP contribution in [-0.4, -0.2) is 36.0 Å². The van der Waals surface area contributed by atoms with Crippen LogP contribution < -0.4 is 4.90 Å². The highest BCUT2D eigenvalue weighted by molar-refractivity contribution is 6.26. The Labute approximate surface area is 148 Å². The molecule has 140 valence electrons. The fraction of sp³-hybridized carbons (Fsp3) is 0.294. The molecule has 10 heteroatoms. The molecular formula is C17H10F5N3O2. The van der Waals surface area contributed by atoms with Crippen LogP contribution in [0.25, 0.3) is 10.8 Å². The predicted octanol–water partition coefficient (Wildman–Crippen LogP) is 3.73. The number of carbonyl (C=O) groups excluding carboxylic acids is 2. The van der Waals surface area contributed by atoms with Crippen molar-refractivity contribution in [1.82, 2.24) is 0 Å². The van der Waals surface area contributed by atoms with Gasteiger partial charge in [0, 0.05) is 5.39 Å². The summed E-state index contributed by atoms with van der Waals surface area (Å²) in [7, 11) is 0. The molecule has 2 aromatic carbocycles. The van der Waals surface area contributed by atoms with Crippen molar-refractivity contribution in [2.24, 2.45) is 16.1 Å². The highest BCUT2D eigenvalue weighted by Gasteiger charge is 2.71. The Hall–Kier alpha value is -2.91. The SMILES string of the molecule is O=C1[C@H]2[C@H](C(F)(F)C(F)(F)F)N=N[C@H]2C(=O)N1c1cccc2ccccc12. The molecule has 2 aliphatic heterocycles. The maximum absolute atomic E-state index is 13.8. The Morgan fingerprint density at radius 1 is 0.852 bits per heavy atom. The zero-order chi connectivity index (χ0) is 19.6. The lowest BCUT2D eigenvalue weighted by atomic mass is 9.91. The number of rotatable bonds is 2. The lowest BCUT2D eigenvalue weighted by molar-refractivity contribution is -0.291. The predicted molar refractivity (Wildman–Crippen MR) is 83.4 cm³/mol. The van der Waals surface area contributed by atoms with Gasteiger partial charge in [0.2, 0.25) is 5.91 Å². The summed E-state index contributed by atoms with van der Waals surface area (Å²) in [6, 6.07) is 6.94. The van der Waals surface area contributed by atoms with E-state index in [4.69, 9.17) is 0 Å². The topological polar surface area (TPSA) is 62.1 Å². The van der Waals surface area contributed by atoms with Gasteiger partial charge in [-0.25, -0.2) is 4.90 Å². The number of benzene rings is 2. The summed E-state index contributed by atoms with van der Waals surface area (Å²) in [5.74, 6) is -9.40. The number of hydrogen-bond acceptors (Lipinski definition) is 4. The van der Waals surface area contributed by atoms with E-state index < -0.39 is 41.9 Å². The number of azo groups is 1. The van der Waals surface area contributed by atoms with E-state index in [1.165, 1.54) is 6.07 Å². The molecule has 0 N–H and O–H groups in total. The van der Waals surface area contributed by atoms with Crippen molar-refractivity contribution < 1.29 is 31.5 Å². The minimum absolute atomic E-state index is 0.113. The van der Waals surface area contributed by atoms with Gasteiger partial charge in [0.1, 0.15) is 5.92 Å². The van der Waals surface area contributed by atoms with Gasteiger partial charge in [-0.1, -0.05) is 36.4 Å². The van der Waals surface area contributed by atoms with E-state index in [0.717, 1.165) is 0 Å². The molecule has 1 fully saturated rings. The van der Waals surface area contributed by atoms with E-state index in [9.17, 15) is 31.5 Å². The van der Waals surface area contributed by atoms with E-state index in [2.05, 4.69) is 10.2 Å². The summed E-state index contributed by atoms with van der Waals surface area (Å²) in [6.45, 7) is 0. The molecule has 2 aromatic rings. The molecule has 0 bridgehead atoms. The summed E-state index contributed by atoms with van der Waals surface area (Å²) in [6.07, 6.45) is -5.91. The fourth-order valence-corrected chi connectivity index (χ4v) is 3.43. The van der Waals surface area contributed by atoms with E-state index in [0.29, 0.717) is 15.7 Å². The van der Waals surface area contributed by atoms with Crippen LogP contribution in [0.2, 0.25) is 0 Å². The standard InChI is InChI=1S/C17H10F5N3O2/c18-16(19,17(20,21)22)13-11-12(23-24-13)15(27)25(14(11)26)10-7-3-5-8-4-1-2-6-9(8)10/h1-7,11-13H/t11-,12-,13-/m1/s1. The molecule has 0 saturated carbocycles. The third kappa shape index (κ3) is 2.35. The zero-order valence-corrected chi connectivity index (χ0v) is 13.3. The zero-order valence-electron chi connectivity index (χ0n) is 13.3. The summed E-state index contributed by atoms with van der Waals surface area (Å²) in [5, 5.41) is 7.37. The van der Waals surface area contributed by atoms with E-state index in [1.807, 2.05) is 0 Å². The number of nitrogens with zero attached hydrogens (tertiary/aromatic N) is 3. The van der Waals surface area contributed by atoms with Crippen LogP contribution in [-0.2, 0) is 9.59 Å². The molecule has 0 radical (unpaired) electrons. The van der Waals surface area contributed by atoms with Gasteiger partial charge in [-0.3, -0.25) is 9.59 Å². The lowest BCUT2D eigenvalue weighted by Crippen LogP contribution is -2.51. The second-order valence-electron chi connectivity index (χ2n) is 6.28. The first kappa shape index (κ1) is 17.5. The minimum atomic E-state index is -5.91. The quantitative estimate of drug-likeness (QED) is 0.586.